The Kier molecular flexibility index (Phi) is 2.16. The fourth-order valence-electron chi connectivity index (χ4n) is 1.26. The van der Waals surface area contributed by atoms with E-state index >= 15 is 0 Å². The minimum absolute atomic E-state index is 0.00495. The van der Waals surface area contributed by atoms with E-state index in [2.05, 4.69) is 0 Å². The molecule has 2 rings (SSSR count). The second-order valence-electron chi connectivity index (χ2n) is 2.72. The van der Waals surface area contributed by atoms with Crippen molar-refractivity contribution in [1.29, 1.82) is 0 Å². The number of aromatic nitrogens is 1. The van der Waals surface area contributed by atoms with E-state index in [4.69, 9.17) is 5.11 Å². The van der Waals surface area contributed by atoms with Crippen LogP contribution in [0.2, 0.25) is 0 Å². The summed E-state index contributed by atoms with van der Waals surface area (Å²) in [5, 5.41) is 9.45. The quantitative estimate of drug-likeness (QED) is 0.778. The van der Waals surface area contributed by atoms with Crippen LogP contribution in [-0.4, -0.2) is 15.7 Å². The minimum atomic E-state index is -0.00495. The molecule has 0 aliphatic heterocycles. The molecule has 0 saturated carbocycles. The standard InChI is InChI=1S/C9H9NO2S/c11-6-5-10-9(12)7-3-1-2-4-8(7)13-10/h1-4,11H,5-6H2. The molecule has 1 heterocycles. The number of aliphatic hydroxyl groups excluding tert-OH is 1. The van der Waals surface area contributed by atoms with Crippen molar-refractivity contribution in [1.82, 2.24) is 3.96 Å². The second kappa shape index (κ2) is 3.32. The van der Waals surface area contributed by atoms with Crippen LogP contribution in [0.25, 0.3) is 10.1 Å². The van der Waals surface area contributed by atoms with Gasteiger partial charge in [0.25, 0.3) is 5.56 Å². The maximum Gasteiger partial charge on any atom is 0.268 e. The van der Waals surface area contributed by atoms with Crippen LogP contribution in [0.5, 0.6) is 0 Å². The molecule has 1 N–H and O–H groups in total. The van der Waals surface area contributed by atoms with Crippen molar-refractivity contribution in [2.24, 2.45) is 0 Å². The summed E-state index contributed by atoms with van der Waals surface area (Å²) in [6.45, 7) is 0.394. The molecule has 68 valence electrons. The van der Waals surface area contributed by atoms with Gasteiger partial charge in [-0.3, -0.25) is 8.75 Å². The normalized spacial score (nSPS) is 10.8. The van der Waals surface area contributed by atoms with E-state index in [1.807, 2.05) is 24.3 Å². The number of nitrogens with zero attached hydrogens (tertiary/aromatic N) is 1. The summed E-state index contributed by atoms with van der Waals surface area (Å²) in [6, 6.07) is 7.47. The van der Waals surface area contributed by atoms with Gasteiger partial charge in [0.1, 0.15) is 0 Å². The molecule has 1 aromatic carbocycles. The van der Waals surface area contributed by atoms with Crippen molar-refractivity contribution >= 4 is 21.6 Å². The molecule has 0 unspecified atom stereocenters. The van der Waals surface area contributed by atoms with Gasteiger partial charge in [0.2, 0.25) is 0 Å². The van der Waals surface area contributed by atoms with E-state index in [1.165, 1.54) is 11.5 Å². The zero-order chi connectivity index (χ0) is 9.26. The number of hydrogen-bond acceptors (Lipinski definition) is 3. The van der Waals surface area contributed by atoms with E-state index in [1.54, 1.807) is 3.96 Å². The van der Waals surface area contributed by atoms with Crippen molar-refractivity contribution in [3.63, 3.8) is 0 Å². The number of hydrogen-bond donors (Lipinski definition) is 1. The van der Waals surface area contributed by atoms with Gasteiger partial charge in [-0.1, -0.05) is 23.7 Å². The van der Waals surface area contributed by atoms with Crippen LogP contribution in [0.4, 0.5) is 0 Å². The Morgan fingerprint density at radius 2 is 2.15 bits per heavy atom. The van der Waals surface area contributed by atoms with Gasteiger partial charge in [0.05, 0.1) is 23.2 Å². The van der Waals surface area contributed by atoms with Gasteiger partial charge in [-0.25, -0.2) is 0 Å². The van der Waals surface area contributed by atoms with Crippen LogP contribution < -0.4 is 5.56 Å². The van der Waals surface area contributed by atoms with E-state index in [9.17, 15) is 4.79 Å². The number of rotatable bonds is 2. The fraction of sp³-hybridized carbons (Fsp3) is 0.222. The van der Waals surface area contributed by atoms with Crippen LogP contribution >= 0.6 is 11.5 Å². The lowest BCUT2D eigenvalue weighted by molar-refractivity contribution is 0.279. The molecule has 0 fully saturated rings. The summed E-state index contributed by atoms with van der Waals surface area (Å²) in [7, 11) is 0. The fourth-order valence-corrected chi connectivity index (χ4v) is 2.24. The van der Waals surface area contributed by atoms with Crippen molar-refractivity contribution in [2.45, 2.75) is 6.54 Å². The molecule has 2 aromatic rings. The molecular formula is C9H9NO2S. The van der Waals surface area contributed by atoms with Crippen LogP contribution in [0, 0.1) is 0 Å². The first-order valence-corrected chi connectivity index (χ1v) is 4.80. The summed E-state index contributed by atoms with van der Waals surface area (Å²) >= 11 is 1.39. The summed E-state index contributed by atoms with van der Waals surface area (Å²) in [5.74, 6) is 0. The van der Waals surface area contributed by atoms with Gasteiger partial charge in [-0.2, -0.15) is 0 Å². The molecule has 1 aromatic heterocycles. The highest BCUT2D eigenvalue weighted by Gasteiger charge is 2.04. The van der Waals surface area contributed by atoms with Gasteiger partial charge >= 0.3 is 0 Å². The molecule has 4 heteroatoms. The van der Waals surface area contributed by atoms with Crippen molar-refractivity contribution in [3.05, 3.63) is 34.6 Å². The summed E-state index contributed by atoms with van der Waals surface area (Å²) in [4.78, 5) is 11.6. The predicted octanol–water partition coefficient (Wildman–Crippen LogP) is 1.06. The summed E-state index contributed by atoms with van der Waals surface area (Å²) in [6.07, 6.45) is 0. The largest absolute Gasteiger partial charge is 0.394 e. The third-order valence-corrected chi connectivity index (χ3v) is 2.98. The molecule has 0 saturated heterocycles. The lowest BCUT2D eigenvalue weighted by Crippen LogP contribution is -2.14. The molecule has 0 amide bonds. The zero-order valence-corrected chi connectivity index (χ0v) is 7.75. The maximum atomic E-state index is 11.6. The Balaban J connectivity index is 2.67. The first-order chi connectivity index (χ1) is 6.33. The van der Waals surface area contributed by atoms with Crippen LogP contribution in [0.1, 0.15) is 0 Å². The van der Waals surface area contributed by atoms with Crippen LogP contribution in [0.15, 0.2) is 29.1 Å². The third-order valence-electron chi connectivity index (χ3n) is 1.86. The molecule has 13 heavy (non-hydrogen) atoms. The van der Waals surface area contributed by atoms with Crippen molar-refractivity contribution in [2.75, 3.05) is 6.61 Å². The average molecular weight is 195 g/mol. The van der Waals surface area contributed by atoms with E-state index < -0.39 is 0 Å². The van der Waals surface area contributed by atoms with Gasteiger partial charge in [0, 0.05) is 0 Å². The number of fused-ring (bicyclic) bond motifs is 1. The van der Waals surface area contributed by atoms with Crippen LogP contribution in [-0.2, 0) is 6.54 Å². The predicted molar refractivity (Wildman–Crippen MR) is 53.2 cm³/mol. The van der Waals surface area contributed by atoms with Crippen molar-refractivity contribution in [3.8, 4) is 0 Å². The maximum absolute atomic E-state index is 11.6. The minimum Gasteiger partial charge on any atom is -0.394 e. The Bertz CT molecular complexity index is 472. The Hall–Kier alpha value is -1.13. The Morgan fingerprint density at radius 3 is 2.85 bits per heavy atom. The van der Waals surface area contributed by atoms with E-state index in [0.717, 1.165) is 10.1 Å². The SMILES string of the molecule is O=c1c2ccccc2sn1CCO. The molecule has 0 atom stereocenters. The highest BCUT2D eigenvalue weighted by atomic mass is 32.1. The molecule has 0 radical (unpaired) electrons. The number of aliphatic hydroxyl groups is 1. The molecule has 0 spiro atoms. The van der Waals surface area contributed by atoms with Gasteiger partial charge in [-0.15, -0.1) is 0 Å². The van der Waals surface area contributed by atoms with Crippen molar-refractivity contribution < 1.29 is 5.11 Å². The molecule has 0 aliphatic rings. The second-order valence-corrected chi connectivity index (χ2v) is 3.78. The lowest BCUT2D eigenvalue weighted by atomic mass is 10.3. The first-order valence-electron chi connectivity index (χ1n) is 4.02. The Labute approximate surface area is 79.0 Å². The van der Waals surface area contributed by atoms with Gasteiger partial charge in [0.15, 0.2) is 0 Å². The highest BCUT2D eigenvalue weighted by molar-refractivity contribution is 7.13. The van der Waals surface area contributed by atoms with Gasteiger partial charge < -0.3 is 5.11 Å². The molecule has 3 nitrogen and oxygen atoms in total. The summed E-state index contributed by atoms with van der Waals surface area (Å²) in [5.41, 5.74) is -0.00495. The van der Waals surface area contributed by atoms with E-state index in [-0.39, 0.29) is 12.2 Å². The monoisotopic (exact) mass is 195 g/mol. The smallest absolute Gasteiger partial charge is 0.268 e. The Morgan fingerprint density at radius 1 is 1.38 bits per heavy atom. The molecule has 0 bridgehead atoms. The topological polar surface area (TPSA) is 42.2 Å². The molecular weight excluding hydrogens is 186 g/mol. The molecule has 0 aliphatic carbocycles. The van der Waals surface area contributed by atoms with Crippen LogP contribution in [0.3, 0.4) is 0 Å². The third kappa shape index (κ3) is 1.38. The summed E-state index contributed by atoms with van der Waals surface area (Å²) < 4.78 is 2.55. The number of benzene rings is 1. The van der Waals surface area contributed by atoms with E-state index in [0.29, 0.717) is 6.54 Å². The first kappa shape index (κ1) is 8.47. The lowest BCUT2D eigenvalue weighted by Gasteiger charge is -1.92. The highest BCUT2D eigenvalue weighted by Crippen LogP contribution is 2.15. The average Bonchev–Trinajstić information content (AvgIpc) is 2.46. The zero-order valence-electron chi connectivity index (χ0n) is 6.93. The van der Waals surface area contributed by atoms with Gasteiger partial charge in [-0.05, 0) is 12.1 Å².